The lowest BCUT2D eigenvalue weighted by atomic mass is 10.1. The van der Waals surface area contributed by atoms with E-state index in [4.69, 9.17) is 0 Å². The minimum atomic E-state index is -0.211. The van der Waals surface area contributed by atoms with Crippen LogP contribution in [0.1, 0.15) is 30.6 Å². The highest BCUT2D eigenvalue weighted by molar-refractivity contribution is 5.95. The molecule has 1 unspecified atom stereocenters. The van der Waals surface area contributed by atoms with Gasteiger partial charge in [-0.2, -0.15) is 5.10 Å². The fraction of sp³-hybridized carbons (Fsp3) is 0.412. The molecule has 1 saturated heterocycles. The van der Waals surface area contributed by atoms with Crippen LogP contribution in [0.25, 0.3) is 11.1 Å². The topological polar surface area (TPSA) is 80.1 Å². The molecule has 3 rings (SSSR count). The molecule has 7 heteroatoms. The predicted octanol–water partition coefficient (Wildman–Crippen LogP) is 1.22. The molecule has 0 radical (unpaired) electrons. The molecule has 126 valence electrons. The highest BCUT2D eigenvalue weighted by atomic mass is 16.2. The van der Waals surface area contributed by atoms with Crippen LogP contribution in [0.2, 0.25) is 0 Å². The molecule has 1 fully saturated rings. The SMILES string of the molecule is CC(C)N1CC(NC(=O)c2cncc(-c3cnn(C)c3)c2)CC1=O. The van der Waals surface area contributed by atoms with Crippen LogP contribution >= 0.6 is 0 Å². The van der Waals surface area contributed by atoms with E-state index >= 15 is 0 Å². The van der Waals surface area contributed by atoms with Crippen LogP contribution < -0.4 is 5.32 Å². The number of aromatic nitrogens is 3. The standard InChI is InChI=1S/C17H21N5O2/c1-11(2)22-10-15(5-16(22)23)20-17(24)13-4-12(6-18-7-13)14-8-19-21(3)9-14/h4,6-9,11,15H,5,10H2,1-3H3,(H,20,24). The van der Waals surface area contributed by atoms with Gasteiger partial charge in [-0.05, 0) is 19.9 Å². The second kappa shape index (κ2) is 6.43. The van der Waals surface area contributed by atoms with Crippen LogP contribution in [0.5, 0.6) is 0 Å². The zero-order valence-corrected chi connectivity index (χ0v) is 14.1. The molecule has 1 aliphatic heterocycles. The summed E-state index contributed by atoms with van der Waals surface area (Å²) < 4.78 is 1.70. The summed E-state index contributed by atoms with van der Waals surface area (Å²) in [4.78, 5) is 30.3. The van der Waals surface area contributed by atoms with E-state index in [1.807, 2.05) is 27.1 Å². The molecule has 2 amide bonds. The van der Waals surface area contributed by atoms with Gasteiger partial charge in [-0.3, -0.25) is 19.3 Å². The number of nitrogens with one attached hydrogen (secondary N) is 1. The van der Waals surface area contributed by atoms with Crippen LogP contribution in [0, 0.1) is 0 Å². The van der Waals surface area contributed by atoms with Crippen molar-refractivity contribution in [2.45, 2.75) is 32.4 Å². The fourth-order valence-electron chi connectivity index (χ4n) is 2.89. The maximum Gasteiger partial charge on any atom is 0.253 e. The zero-order valence-electron chi connectivity index (χ0n) is 14.1. The Bertz CT molecular complexity index is 768. The first-order valence-electron chi connectivity index (χ1n) is 7.98. The van der Waals surface area contributed by atoms with Gasteiger partial charge in [0.2, 0.25) is 5.91 Å². The summed E-state index contributed by atoms with van der Waals surface area (Å²) in [6.07, 6.45) is 7.18. The summed E-state index contributed by atoms with van der Waals surface area (Å²) >= 11 is 0. The first-order chi connectivity index (χ1) is 11.4. The highest BCUT2D eigenvalue weighted by Crippen LogP contribution is 2.19. The van der Waals surface area contributed by atoms with Crippen molar-refractivity contribution >= 4 is 11.8 Å². The molecule has 7 nitrogen and oxygen atoms in total. The Labute approximate surface area is 140 Å². The van der Waals surface area contributed by atoms with Crippen LogP contribution in [-0.4, -0.2) is 50.1 Å². The van der Waals surface area contributed by atoms with E-state index in [1.54, 1.807) is 28.0 Å². The molecule has 0 aliphatic carbocycles. The average Bonchev–Trinajstić information content (AvgIpc) is 3.13. The van der Waals surface area contributed by atoms with Gasteiger partial charge in [0.15, 0.2) is 0 Å². The van der Waals surface area contributed by atoms with Crippen LogP contribution in [0.4, 0.5) is 0 Å². The third-order valence-corrected chi connectivity index (χ3v) is 4.16. The summed E-state index contributed by atoms with van der Waals surface area (Å²) in [7, 11) is 1.84. The number of aryl methyl sites for hydroxylation is 1. The number of rotatable bonds is 4. The number of hydrogen-bond acceptors (Lipinski definition) is 4. The van der Waals surface area contributed by atoms with Crippen molar-refractivity contribution in [3.05, 3.63) is 36.4 Å². The molecule has 2 aromatic rings. The van der Waals surface area contributed by atoms with Gasteiger partial charge in [0.25, 0.3) is 5.91 Å². The molecule has 1 N–H and O–H groups in total. The molecule has 0 bridgehead atoms. The van der Waals surface area contributed by atoms with Crippen molar-refractivity contribution < 1.29 is 9.59 Å². The summed E-state index contributed by atoms with van der Waals surface area (Å²) in [5.41, 5.74) is 2.22. The van der Waals surface area contributed by atoms with Gasteiger partial charge in [0, 0.05) is 55.8 Å². The lowest BCUT2D eigenvalue weighted by Gasteiger charge is -2.21. The zero-order chi connectivity index (χ0) is 17.3. The smallest absolute Gasteiger partial charge is 0.253 e. The van der Waals surface area contributed by atoms with Gasteiger partial charge in [-0.1, -0.05) is 0 Å². The van der Waals surface area contributed by atoms with E-state index in [-0.39, 0.29) is 23.9 Å². The normalized spacial score (nSPS) is 17.6. The first-order valence-corrected chi connectivity index (χ1v) is 7.98. The lowest BCUT2D eigenvalue weighted by molar-refractivity contribution is -0.129. The molecule has 3 heterocycles. The van der Waals surface area contributed by atoms with Crippen LogP contribution in [0.3, 0.4) is 0 Å². The monoisotopic (exact) mass is 327 g/mol. The molecule has 2 aromatic heterocycles. The van der Waals surface area contributed by atoms with Crippen molar-refractivity contribution in [2.75, 3.05) is 6.54 Å². The van der Waals surface area contributed by atoms with Crippen molar-refractivity contribution in [2.24, 2.45) is 7.05 Å². The minimum absolute atomic E-state index is 0.0811. The van der Waals surface area contributed by atoms with E-state index in [0.29, 0.717) is 18.5 Å². The number of pyridine rings is 1. The summed E-state index contributed by atoms with van der Waals surface area (Å²) in [5.74, 6) is -0.130. The van der Waals surface area contributed by atoms with Crippen molar-refractivity contribution in [3.63, 3.8) is 0 Å². The maximum atomic E-state index is 12.5. The average molecular weight is 327 g/mol. The molecular formula is C17H21N5O2. The number of carbonyl (C=O) groups excluding carboxylic acids is 2. The Morgan fingerprint density at radius 1 is 1.29 bits per heavy atom. The molecule has 0 saturated carbocycles. The molecular weight excluding hydrogens is 306 g/mol. The van der Waals surface area contributed by atoms with Crippen LogP contribution in [-0.2, 0) is 11.8 Å². The second-order valence-electron chi connectivity index (χ2n) is 6.38. The predicted molar refractivity (Wildman–Crippen MR) is 89.2 cm³/mol. The molecule has 0 aromatic carbocycles. The molecule has 0 spiro atoms. The van der Waals surface area contributed by atoms with Crippen molar-refractivity contribution in [1.82, 2.24) is 25.0 Å². The van der Waals surface area contributed by atoms with E-state index in [0.717, 1.165) is 11.1 Å². The lowest BCUT2D eigenvalue weighted by Crippen LogP contribution is -2.38. The van der Waals surface area contributed by atoms with Gasteiger partial charge in [-0.15, -0.1) is 0 Å². The summed E-state index contributed by atoms with van der Waals surface area (Å²) in [6, 6.07) is 1.78. The Morgan fingerprint density at radius 3 is 2.71 bits per heavy atom. The van der Waals surface area contributed by atoms with Gasteiger partial charge in [0.05, 0.1) is 17.8 Å². The quantitative estimate of drug-likeness (QED) is 0.916. The van der Waals surface area contributed by atoms with E-state index in [2.05, 4.69) is 15.4 Å². The highest BCUT2D eigenvalue weighted by Gasteiger charge is 2.32. The molecule has 1 atom stereocenters. The van der Waals surface area contributed by atoms with Gasteiger partial charge in [0.1, 0.15) is 0 Å². The molecule has 1 aliphatic rings. The Hall–Kier alpha value is -2.70. The second-order valence-corrected chi connectivity index (χ2v) is 6.38. The van der Waals surface area contributed by atoms with Gasteiger partial charge in [-0.25, -0.2) is 0 Å². The Balaban J connectivity index is 1.71. The van der Waals surface area contributed by atoms with Crippen molar-refractivity contribution in [3.8, 4) is 11.1 Å². The number of carbonyl (C=O) groups is 2. The van der Waals surface area contributed by atoms with E-state index in [9.17, 15) is 9.59 Å². The van der Waals surface area contributed by atoms with E-state index < -0.39 is 0 Å². The first kappa shape index (κ1) is 16.2. The minimum Gasteiger partial charge on any atom is -0.347 e. The van der Waals surface area contributed by atoms with Gasteiger partial charge < -0.3 is 10.2 Å². The van der Waals surface area contributed by atoms with Crippen molar-refractivity contribution in [1.29, 1.82) is 0 Å². The largest absolute Gasteiger partial charge is 0.347 e. The summed E-state index contributed by atoms with van der Waals surface area (Å²) in [5, 5.41) is 7.06. The van der Waals surface area contributed by atoms with E-state index in [1.165, 1.54) is 6.20 Å². The number of hydrogen-bond donors (Lipinski definition) is 1. The fourth-order valence-corrected chi connectivity index (χ4v) is 2.89. The number of nitrogens with zero attached hydrogens (tertiary/aromatic N) is 4. The number of amides is 2. The third-order valence-electron chi connectivity index (χ3n) is 4.16. The Morgan fingerprint density at radius 2 is 2.08 bits per heavy atom. The summed E-state index contributed by atoms with van der Waals surface area (Å²) in [6.45, 7) is 4.50. The van der Waals surface area contributed by atoms with Gasteiger partial charge >= 0.3 is 0 Å². The third kappa shape index (κ3) is 3.29. The Kier molecular flexibility index (Phi) is 4.33. The van der Waals surface area contributed by atoms with Crippen LogP contribution in [0.15, 0.2) is 30.9 Å². The maximum absolute atomic E-state index is 12.5. The molecule has 24 heavy (non-hydrogen) atoms. The number of likely N-dealkylation sites (tertiary alicyclic amines) is 1.